The molecule has 6 aromatic rings. The predicted octanol–water partition coefficient (Wildman–Crippen LogP) is 20.3. The lowest BCUT2D eigenvalue weighted by molar-refractivity contribution is 0.488. The van der Waals surface area contributed by atoms with Crippen LogP contribution in [-0.2, 0) is 51.4 Å². The molecule has 1 aliphatic carbocycles. The van der Waals surface area contributed by atoms with E-state index in [1.54, 1.807) is 0 Å². The van der Waals surface area contributed by atoms with Gasteiger partial charge in [-0.15, -0.1) is 0 Å². The lowest BCUT2D eigenvalue weighted by atomic mass is 9.81. The molecule has 1 aliphatic rings. The van der Waals surface area contributed by atoms with Crippen molar-refractivity contribution in [2.45, 2.75) is 209 Å². The van der Waals surface area contributed by atoms with Gasteiger partial charge in [-0.2, -0.15) is 0 Å². The van der Waals surface area contributed by atoms with E-state index in [0.717, 1.165) is 136 Å². The zero-order valence-corrected chi connectivity index (χ0v) is 48.7. The Hall–Kier alpha value is -4.62. The second kappa shape index (κ2) is 30.2. The Morgan fingerprint density at radius 1 is 0.297 bits per heavy atom. The molecule has 0 aliphatic heterocycles. The van der Waals surface area contributed by atoms with Gasteiger partial charge in [0.2, 0.25) is 0 Å². The van der Waals surface area contributed by atoms with E-state index in [4.69, 9.17) is 18.1 Å². The Morgan fingerprint density at radius 3 is 0.946 bits per heavy atom. The molecule has 0 saturated heterocycles. The fraction of sp³-hybridized carbons (Fsp3) is 0.471. The van der Waals surface area contributed by atoms with Crippen molar-refractivity contribution in [1.29, 1.82) is 0 Å². The minimum absolute atomic E-state index is 0.911. The summed E-state index contributed by atoms with van der Waals surface area (Å²) in [6.45, 7) is 18.3. The van der Waals surface area contributed by atoms with E-state index in [2.05, 4.69) is 165 Å². The maximum absolute atomic E-state index is 7.72. The van der Waals surface area contributed by atoms with Gasteiger partial charge in [0.05, 0.1) is 10.6 Å². The molecular weight excluding hydrogens is 943 g/mol. The monoisotopic (exact) mass is 1030 g/mol. The number of aryl methyl sites for hydroxylation is 8. The second-order valence-corrected chi connectivity index (χ2v) is 23.6. The molecule has 396 valence electrons. The fourth-order valence-electron chi connectivity index (χ4n) is 10.2. The predicted molar refractivity (Wildman–Crippen MR) is 321 cm³/mol. The summed E-state index contributed by atoms with van der Waals surface area (Å²) in [4.78, 5) is 0. The van der Waals surface area contributed by atoms with E-state index in [-0.39, 0.29) is 0 Å². The van der Waals surface area contributed by atoms with Crippen LogP contribution in [-0.4, -0.2) is 0 Å². The van der Waals surface area contributed by atoms with Crippen LogP contribution < -0.4 is 28.7 Å². The summed E-state index contributed by atoms with van der Waals surface area (Å²) in [5.41, 5.74) is 15.5. The maximum Gasteiger partial charge on any atom is 0.327 e. The molecule has 0 N–H and O–H groups in total. The molecule has 6 heteroatoms. The molecule has 0 bridgehead atoms. The molecule has 0 spiro atoms. The molecule has 0 amide bonds. The smallest absolute Gasteiger partial charge is 0.327 e. The average molecular weight is 1030 g/mol. The van der Waals surface area contributed by atoms with Crippen LogP contribution in [0.15, 0.2) is 109 Å². The minimum Gasteiger partial charge on any atom is -0.435 e. The normalized spacial score (nSPS) is 11.7. The molecule has 4 nitrogen and oxygen atoms in total. The summed E-state index contributed by atoms with van der Waals surface area (Å²) in [7, 11) is -3.63. The van der Waals surface area contributed by atoms with Crippen LogP contribution in [0, 0.1) is 0 Å². The fourth-order valence-corrected chi connectivity index (χ4v) is 13.7. The van der Waals surface area contributed by atoms with Gasteiger partial charge in [0.1, 0.15) is 23.0 Å². The van der Waals surface area contributed by atoms with Gasteiger partial charge in [0.15, 0.2) is 0 Å². The van der Waals surface area contributed by atoms with Crippen molar-refractivity contribution in [3.63, 3.8) is 0 Å². The summed E-state index contributed by atoms with van der Waals surface area (Å²) in [6.07, 6.45) is 26.3. The first-order valence-corrected chi connectivity index (χ1v) is 31.8. The molecule has 74 heavy (non-hydrogen) atoms. The Balaban J connectivity index is 1.48. The number of hydrogen-bond acceptors (Lipinski definition) is 4. The van der Waals surface area contributed by atoms with Gasteiger partial charge in [0, 0.05) is 5.56 Å². The molecule has 6 aromatic carbocycles. The molecule has 0 aromatic heterocycles. The lowest BCUT2D eigenvalue weighted by Gasteiger charge is -2.33. The van der Waals surface area contributed by atoms with Crippen LogP contribution in [0.4, 0.5) is 0 Å². The van der Waals surface area contributed by atoms with Crippen molar-refractivity contribution in [2.24, 2.45) is 0 Å². The maximum atomic E-state index is 7.72. The molecular formula is C68H90O4P2. The zero-order chi connectivity index (χ0) is 52.1. The number of benzene rings is 6. The lowest BCUT2D eigenvalue weighted by Crippen LogP contribution is -2.32. The van der Waals surface area contributed by atoms with Crippen LogP contribution in [0.1, 0.15) is 203 Å². The summed E-state index contributed by atoms with van der Waals surface area (Å²) < 4.78 is 30.7. The molecule has 0 radical (unpaired) electrons. The molecule has 0 unspecified atom stereocenters. The third-order valence-electron chi connectivity index (χ3n) is 14.7. The van der Waals surface area contributed by atoms with Gasteiger partial charge in [-0.25, -0.2) is 0 Å². The van der Waals surface area contributed by atoms with Crippen LogP contribution in [0.3, 0.4) is 0 Å². The van der Waals surface area contributed by atoms with Gasteiger partial charge >= 0.3 is 16.8 Å². The highest BCUT2D eigenvalue weighted by molar-refractivity contribution is 7.64. The van der Waals surface area contributed by atoms with Crippen LogP contribution in [0.2, 0.25) is 0 Å². The van der Waals surface area contributed by atoms with E-state index in [9.17, 15) is 0 Å². The van der Waals surface area contributed by atoms with Crippen molar-refractivity contribution in [3.05, 3.63) is 154 Å². The quantitative estimate of drug-likeness (QED) is 0.0377. The highest BCUT2D eigenvalue weighted by atomic mass is 31.2. The van der Waals surface area contributed by atoms with E-state index in [1.807, 2.05) is 0 Å². The Bertz CT molecular complexity index is 2540. The Labute approximate surface area is 451 Å². The second-order valence-electron chi connectivity index (χ2n) is 20.9. The summed E-state index contributed by atoms with van der Waals surface area (Å²) in [6, 6.07) is 41.3. The van der Waals surface area contributed by atoms with Gasteiger partial charge < -0.3 is 18.1 Å². The standard InChI is InChI=1S/C68H90O4P2/c1-9-17-27-51-37-42-62(55(47-51)31-21-13-5)69-73(70-63-43-38-52(28-18-10-2)48-56(63)32-22-14-6)66-46-41-61-59-35-25-26-36-60(59)67(61)68(66)74(71-64-44-39-53(29-19-11-3)49-57(64)33-23-15-7)72-65-45-40-54(30-20-12-4)50-58(65)34-24-16-8/h25-26,35-50H,9-24,27-34H2,1-8H3. The third-order valence-corrected chi connectivity index (χ3v) is 17.9. The molecule has 0 fully saturated rings. The summed E-state index contributed by atoms with van der Waals surface area (Å²) in [5.74, 6) is 3.65. The van der Waals surface area contributed by atoms with E-state index < -0.39 is 16.8 Å². The minimum atomic E-state index is -1.83. The average Bonchev–Trinajstić information content (AvgIpc) is 3.42. The third kappa shape index (κ3) is 15.3. The van der Waals surface area contributed by atoms with E-state index >= 15 is 0 Å². The van der Waals surface area contributed by atoms with Crippen molar-refractivity contribution in [1.82, 2.24) is 0 Å². The van der Waals surface area contributed by atoms with Crippen LogP contribution in [0.25, 0.3) is 22.3 Å². The highest BCUT2D eigenvalue weighted by Crippen LogP contribution is 2.55. The SMILES string of the molecule is CCCCc1ccc(OP(Oc2ccc(CCCC)cc2CCCC)c2ccc3c(c2P(Oc2ccc(CCCC)cc2CCCC)Oc2ccc(CCCC)cc2CCCC)-c2ccccc2-3)c(CCCC)c1. The molecule has 0 heterocycles. The van der Waals surface area contributed by atoms with Crippen molar-refractivity contribution in [3.8, 4) is 45.3 Å². The first-order chi connectivity index (χ1) is 36.4. The van der Waals surface area contributed by atoms with Gasteiger partial charge in [-0.05, 0) is 194 Å². The highest BCUT2D eigenvalue weighted by Gasteiger charge is 2.39. The first kappa shape index (κ1) is 57.1. The summed E-state index contributed by atoms with van der Waals surface area (Å²) in [5, 5.41) is 2.07. The molecule has 7 rings (SSSR count). The van der Waals surface area contributed by atoms with Crippen LogP contribution >= 0.6 is 16.8 Å². The largest absolute Gasteiger partial charge is 0.435 e. The number of rotatable bonds is 34. The number of unbranched alkanes of at least 4 members (excludes halogenated alkanes) is 8. The number of fused-ring (bicyclic) bond motifs is 4. The first-order valence-electron chi connectivity index (χ1n) is 29.4. The Morgan fingerprint density at radius 2 is 0.608 bits per heavy atom. The molecule has 0 saturated carbocycles. The van der Waals surface area contributed by atoms with Crippen molar-refractivity contribution in [2.75, 3.05) is 0 Å². The van der Waals surface area contributed by atoms with Gasteiger partial charge in [-0.1, -0.05) is 186 Å². The van der Waals surface area contributed by atoms with Gasteiger partial charge in [-0.3, -0.25) is 0 Å². The van der Waals surface area contributed by atoms with E-state index in [1.165, 1.54) is 118 Å². The number of hydrogen-bond donors (Lipinski definition) is 0. The zero-order valence-electron chi connectivity index (χ0n) is 46.9. The van der Waals surface area contributed by atoms with Crippen molar-refractivity contribution < 1.29 is 18.1 Å². The van der Waals surface area contributed by atoms with Crippen LogP contribution in [0.5, 0.6) is 23.0 Å². The van der Waals surface area contributed by atoms with E-state index in [0.29, 0.717) is 0 Å². The Kier molecular flexibility index (Phi) is 23.3. The topological polar surface area (TPSA) is 36.9 Å². The molecule has 0 atom stereocenters. The summed E-state index contributed by atoms with van der Waals surface area (Å²) >= 11 is 0. The van der Waals surface area contributed by atoms with Gasteiger partial charge in [0.25, 0.3) is 0 Å². The van der Waals surface area contributed by atoms with Crippen molar-refractivity contribution >= 4 is 27.4 Å².